The van der Waals surface area contributed by atoms with E-state index in [1.807, 2.05) is 18.2 Å². The molecule has 140 valence electrons. The summed E-state index contributed by atoms with van der Waals surface area (Å²) in [5, 5.41) is 10.8. The van der Waals surface area contributed by atoms with Gasteiger partial charge in [0.1, 0.15) is 6.10 Å². The molecule has 0 bridgehead atoms. The quantitative estimate of drug-likeness (QED) is 0.466. The molecule has 6 heteroatoms. The van der Waals surface area contributed by atoms with E-state index in [1.165, 1.54) is 49.1 Å². The highest BCUT2D eigenvalue weighted by Crippen LogP contribution is 2.38. The number of nitro groups is 1. The van der Waals surface area contributed by atoms with Crippen molar-refractivity contribution in [2.75, 3.05) is 13.1 Å². The number of hydrogen-bond acceptors (Lipinski definition) is 5. The molecule has 0 radical (unpaired) electrons. The number of carbonyl (C=O) groups excluding carboxylic acids is 1. The van der Waals surface area contributed by atoms with Crippen molar-refractivity contribution >= 4 is 11.7 Å². The Kier molecular flexibility index (Phi) is 4.90. The summed E-state index contributed by atoms with van der Waals surface area (Å²) in [5.74, 6) is -0.436. The van der Waals surface area contributed by atoms with Crippen LogP contribution in [-0.2, 0) is 11.2 Å². The Hall–Kier alpha value is -2.73. The van der Waals surface area contributed by atoms with Crippen LogP contribution in [0.15, 0.2) is 48.5 Å². The maximum Gasteiger partial charge on any atom is 0.338 e. The van der Waals surface area contributed by atoms with E-state index in [9.17, 15) is 14.9 Å². The summed E-state index contributed by atoms with van der Waals surface area (Å²) in [6.45, 7) is 2.06. The van der Waals surface area contributed by atoms with Gasteiger partial charge < -0.3 is 4.74 Å². The Morgan fingerprint density at radius 3 is 2.44 bits per heavy atom. The smallest absolute Gasteiger partial charge is 0.338 e. The number of ether oxygens (including phenoxy) is 1. The van der Waals surface area contributed by atoms with Crippen molar-refractivity contribution in [1.82, 2.24) is 4.90 Å². The second-order valence-electron chi connectivity index (χ2n) is 7.20. The van der Waals surface area contributed by atoms with Gasteiger partial charge in [-0.2, -0.15) is 0 Å². The average molecular weight is 366 g/mol. The Morgan fingerprint density at radius 1 is 1.04 bits per heavy atom. The summed E-state index contributed by atoms with van der Waals surface area (Å²) in [6, 6.07) is 13.9. The minimum atomic E-state index is -0.477. The van der Waals surface area contributed by atoms with Crippen LogP contribution in [0.25, 0.3) is 0 Å². The van der Waals surface area contributed by atoms with E-state index in [1.54, 1.807) is 0 Å². The highest BCUT2D eigenvalue weighted by molar-refractivity contribution is 5.89. The van der Waals surface area contributed by atoms with Crippen molar-refractivity contribution in [1.29, 1.82) is 0 Å². The van der Waals surface area contributed by atoms with Crippen molar-refractivity contribution in [3.8, 4) is 0 Å². The molecule has 2 aromatic rings. The van der Waals surface area contributed by atoms with Gasteiger partial charge in [0.2, 0.25) is 0 Å². The Labute approximate surface area is 157 Å². The first-order valence-electron chi connectivity index (χ1n) is 9.41. The van der Waals surface area contributed by atoms with Gasteiger partial charge in [0.15, 0.2) is 0 Å². The third kappa shape index (κ3) is 3.57. The zero-order chi connectivity index (χ0) is 18.8. The number of carbonyl (C=O) groups is 1. The van der Waals surface area contributed by atoms with Gasteiger partial charge in [-0.1, -0.05) is 30.7 Å². The van der Waals surface area contributed by atoms with Crippen molar-refractivity contribution in [2.45, 2.75) is 37.8 Å². The molecule has 1 aliphatic carbocycles. The maximum absolute atomic E-state index is 12.7. The summed E-state index contributed by atoms with van der Waals surface area (Å²) in [4.78, 5) is 25.5. The summed E-state index contributed by atoms with van der Waals surface area (Å²) < 4.78 is 5.94. The molecule has 1 heterocycles. The van der Waals surface area contributed by atoms with E-state index in [4.69, 9.17) is 4.74 Å². The summed E-state index contributed by atoms with van der Waals surface area (Å²) in [5.41, 5.74) is 2.60. The predicted molar refractivity (Wildman–Crippen MR) is 101 cm³/mol. The SMILES string of the molecule is O=C(O[C@H]1c2ccccc2C[C@H]1N1CCCCC1)c1ccc([N+](=O)[O-])cc1. The van der Waals surface area contributed by atoms with Crippen LogP contribution in [0.3, 0.4) is 0 Å². The predicted octanol–water partition coefficient (Wildman–Crippen LogP) is 3.90. The standard InChI is InChI=1S/C21H22N2O4/c24-21(15-8-10-17(11-9-15)23(25)26)27-20-18-7-3-2-6-16(18)14-19(20)22-12-4-1-5-13-22/h2-3,6-11,19-20H,1,4-5,12-14H2/t19-,20+/m1/s1. The highest BCUT2D eigenvalue weighted by atomic mass is 16.6. The normalized spacial score (nSPS) is 22.2. The molecule has 1 fully saturated rings. The number of piperidine rings is 1. The number of rotatable bonds is 4. The molecule has 6 nitrogen and oxygen atoms in total. The molecule has 2 aliphatic rings. The second-order valence-corrected chi connectivity index (χ2v) is 7.20. The van der Waals surface area contributed by atoms with Crippen LogP contribution in [0.4, 0.5) is 5.69 Å². The van der Waals surface area contributed by atoms with Gasteiger partial charge in [0, 0.05) is 12.1 Å². The number of nitrogens with zero attached hydrogens (tertiary/aromatic N) is 2. The Bertz CT molecular complexity index is 844. The maximum atomic E-state index is 12.7. The molecule has 0 aromatic heterocycles. The first kappa shape index (κ1) is 17.7. The summed E-state index contributed by atoms with van der Waals surface area (Å²) in [6.07, 6.45) is 4.19. The Morgan fingerprint density at radius 2 is 1.74 bits per heavy atom. The third-order valence-electron chi connectivity index (χ3n) is 5.55. The molecular weight excluding hydrogens is 344 g/mol. The van der Waals surface area contributed by atoms with Crippen molar-refractivity contribution in [3.05, 3.63) is 75.3 Å². The average Bonchev–Trinajstić information content (AvgIpc) is 3.07. The number of hydrogen-bond donors (Lipinski definition) is 0. The molecule has 2 aromatic carbocycles. The lowest BCUT2D eigenvalue weighted by atomic mass is 10.0. The molecule has 0 unspecified atom stereocenters. The third-order valence-corrected chi connectivity index (χ3v) is 5.55. The van der Waals surface area contributed by atoms with Crippen LogP contribution in [0.2, 0.25) is 0 Å². The number of fused-ring (bicyclic) bond motifs is 1. The first-order valence-corrected chi connectivity index (χ1v) is 9.41. The van der Waals surface area contributed by atoms with Gasteiger partial charge in [-0.05, 0) is 55.6 Å². The van der Waals surface area contributed by atoms with Gasteiger partial charge in [-0.15, -0.1) is 0 Å². The number of non-ortho nitro benzene ring substituents is 1. The Balaban J connectivity index is 1.56. The van der Waals surface area contributed by atoms with Crippen molar-refractivity contribution in [3.63, 3.8) is 0 Å². The zero-order valence-electron chi connectivity index (χ0n) is 15.0. The van der Waals surface area contributed by atoms with Crippen LogP contribution >= 0.6 is 0 Å². The van der Waals surface area contributed by atoms with Crippen molar-refractivity contribution < 1.29 is 14.5 Å². The van der Waals surface area contributed by atoms with Gasteiger partial charge in [0.05, 0.1) is 16.5 Å². The molecule has 0 saturated carbocycles. The van der Waals surface area contributed by atoms with Gasteiger partial charge in [0.25, 0.3) is 5.69 Å². The summed E-state index contributed by atoms with van der Waals surface area (Å²) >= 11 is 0. The highest BCUT2D eigenvalue weighted by Gasteiger charge is 2.39. The molecule has 0 amide bonds. The monoisotopic (exact) mass is 366 g/mol. The molecular formula is C21H22N2O4. The van der Waals surface area contributed by atoms with Crippen LogP contribution in [0, 0.1) is 10.1 Å². The largest absolute Gasteiger partial charge is 0.452 e. The lowest BCUT2D eigenvalue weighted by Gasteiger charge is -2.35. The van der Waals surface area contributed by atoms with Gasteiger partial charge in [-0.25, -0.2) is 4.79 Å². The van der Waals surface area contributed by atoms with E-state index in [0.29, 0.717) is 5.56 Å². The molecule has 0 spiro atoms. The van der Waals surface area contributed by atoms with Gasteiger partial charge in [-0.3, -0.25) is 15.0 Å². The number of esters is 1. The summed E-state index contributed by atoms with van der Waals surface area (Å²) in [7, 11) is 0. The zero-order valence-corrected chi connectivity index (χ0v) is 15.0. The fourth-order valence-electron chi connectivity index (χ4n) is 4.15. The lowest BCUT2D eigenvalue weighted by molar-refractivity contribution is -0.384. The molecule has 0 N–H and O–H groups in total. The topological polar surface area (TPSA) is 72.7 Å². The van der Waals surface area contributed by atoms with E-state index in [-0.39, 0.29) is 17.8 Å². The van der Waals surface area contributed by atoms with E-state index in [0.717, 1.165) is 25.1 Å². The van der Waals surface area contributed by atoms with Gasteiger partial charge >= 0.3 is 5.97 Å². The van der Waals surface area contributed by atoms with E-state index >= 15 is 0 Å². The molecule has 27 heavy (non-hydrogen) atoms. The first-order chi connectivity index (χ1) is 13.1. The fraction of sp³-hybridized carbons (Fsp3) is 0.381. The number of benzene rings is 2. The van der Waals surface area contributed by atoms with Crippen LogP contribution in [-0.4, -0.2) is 34.9 Å². The molecule has 4 rings (SSSR count). The lowest BCUT2D eigenvalue weighted by Crippen LogP contribution is -2.42. The van der Waals surface area contributed by atoms with Crippen LogP contribution < -0.4 is 0 Å². The molecule has 2 atom stereocenters. The molecule has 1 aliphatic heterocycles. The van der Waals surface area contributed by atoms with Crippen LogP contribution in [0.5, 0.6) is 0 Å². The van der Waals surface area contributed by atoms with Crippen molar-refractivity contribution in [2.24, 2.45) is 0 Å². The second kappa shape index (κ2) is 7.48. The molecule has 1 saturated heterocycles. The number of nitro benzene ring substituents is 1. The van der Waals surface area contributed by atoms with E-state index < -0.39 is 10.9 Å². The fourth-order valence-corrected chi connectivity index (χ4v) is 4.15. The minimum absolute atomic E-state index is 0.0380. The van der Waals surface area contributed by atoms with E-state index in [2.05, 4.69) is 11.0 Å². The van der Waals surface area contributed by atoms with Crippen LogP contribution in [0.1, 0.15) is 46.9 Å². The number of likely N-dealkylation sites (tertiary alicyclic amines) is 1. The minimum Gasteiger partial charge on any atom is -0.452 e.